The van der Waals surface area contributed by atoms with Crippen LogP contribution in [0.15, 0.2) is 61.2 Å². The predicted octanol–water partition coefficient (Wildman–Crippen LogP) is 0.625. The van der Waals surface area contributed by atoms with Gasteiger partial charge in [0.05, 0.1) is 52.6 Å². The number of carbonyl (C=O) groups is 10. The standard InChI is InChI=1S/C58H83F3N14O11/c1-30(2)20-41(46(76)25-48(78)68-42(51(63)80)21-31(3)4)71-56(85)44(24-36-27-64-29-74(36)8)69-49(79)28-66-57(86)50(32(5)6)73-52(81)33(7)67-55(84)43(23-35-26-65-39-15-13-12-14-37(35)39)72-54(83)40(17-19-47(62)77)70-53(82)34-16-18-45(75(9,10)11)38(22-34)58(59,60)61/h12-16,18,22,26-27,29-33,40-44,46,50,76H,17,19-21,23-25,28H2,1-11H3,(H2,62,77)(H2,63,80)(H,66,86)(H,67,84)(H,68,78)(H,69,79)(H,70,82)(H,71,85)(H,72,83)(H,73,81)/t33-,40-,41-,42-,43-,44-,46-,50-/m0/s1. The number of hydrogen-bond donors (Lipinski definition) is 11. The number of halogens is 3. The summed E-state index contributed by atoms with van der Waals surface area (Å²) in [7, 11) is 6.21. The molecule has 28 heteroatoms. The summed E-state index contributed by atoms with van der Waals surface area (Å²) in [6.07, 6.45) is -3.13. The highest BCUT2D eigenvalue weighted by Gasteiger charge is 2.40. The number of aromatic nitrogens is 3. The monoisotopic (exact) mass is 1210 g/mol. The lowest BCUT2D eigenvalue weighted by Crippen LogP contribution is -2.59. The minimum atomic E-state index is -4.87. The molecule has 0 unspecified atom stereocenters. The van der Waals surface area contributed by atoms with Crippen LogP contribution in [0.5, 0.6) is 0 Å². The van der Waals surface area contributed by atoms with Gasteiger partial charge in [0, 0.05) is 49.8 Å². The molecule has 4 rings (SSSR count). The first-order valence-electron chi connectivity index (χ1n) is 28.2. The van der Waals surface area contributed by atoms with Gasteiger partial charge in [-0.2, -0.15) is 19.4 Å². The van der Waals surface area contributed by atoms with Crippen molar-refractivity contribution >= 4 is 75.7 Å². The van der Waals surface area contributed by atoms with Crippen LogP contribution in [0, 0.1) is 17.8 Å². The Morgan fingerprint density at radius 1 is 0.709 bits per heavy atom. The van der Waals surface area contributed by atoms with Gasteiger partial charge in [-0.1, -0.05) is 71.4 Å². The zero-order valence-corrected chi connectivity index (χ0v) is 50.4. The van der Waals surface area contributed by atoms with Crippen LogP contribution >= 0.6 is 0 Å². The number of alkyl halides is 3. The van der Waals surface area contributed by atoms with Gasteiger partial charge >= 0.3 is 6.18 Å². The van der Waals surface area contributed by atoms with Crippen LogP contribution in [0.3, 0.4) is 0 Å². The van der Waals surface area contributed by atoms with Gasteiger partial charge in [0.25, 0.3) is 5.91 Å². The Morgan fingerprint density at radius 3 is 1.91 bits per heavy atom. The van der Waals surface area contributed by atoms with Crippen molar-refractivity contribution in [2.24, 2.45) is 36.3 Å². The third-order valence-electron chi connectivity index (χ3n) is 14.0. The molecule has 0 aliphatic carbocycles. The maximum Gasteiger partial charge on any atom is 0.422 e. The molecule has 0 aliphatic rings. The van der Waals surface area contributed by atoms with E-state index in [2.05, 4.69) is 52.5 Å². The minimum absolute atomic E-state index is 0.0165. The van der Waals surface area contributed by atoms with Crippen LogP contribution in [0.4, 0.5) is 18.9 Å². The number of nitrogens with one attached hydrogen (secondary N) is 8. The topological polar surface area (TPSA) is 371 Å². The Morgan fingerprint density at radius 2 is 1.33 bits per heavy atom. The van der Waals surface area contributed by atoms with E-state index in [0.717, 1.165) is 12.1 Å². The van der Waals surface area contributed by atoms with Crippen LogP contribution < -0.4 is 63.5 Å². The molecule has 2 heterocycles. The molecule has 10 amide bonds. The fraction of sp³-hybridized carbons (Fsp3) is 0.534. The molecular weight excluding hydrogens is 1130 g/mol. The summed E-state index contributed by atoms with van der Waals surface area (Å²) in [6.45, 7) is 11.2. The SMILES string of the molecule is CC(C)C[C@H](NC(=O)C[C@H](O)[C@H](CC(C)C)NC(=O)[C@H](Cc1cncn1C)NC(=O)CNC(=O)[C@@H](NC(=O)[C@H](C)NC(=O)[C@H](Cc1c[n-]c2ccccc12)NC(=O)[C@H](CCC(N)=O)NC(=O)c1ccc([N+](C)(C)C)c(C(F)(F)F)c1)C(C)C)C(N)=O. The van der Waals surface area contributed by atoms with Crippen LogP contribution in [0.2, 0.25) is 0 Å². The number of aliphatic hydroxyl groups excluding tert-OH is 1. The van der Waals surface area contributed by atoms with E-state index in [1.807, 2.05) is 27.7 Å². The summed E-state index contributed by atoms with van der Waals surface area (Å²) >= 11 is 0. The number of benzene rings is 2. The van der Waals surface area contributed by atoms with E-state index in [4.69, 9.17) is 11.5 Å². The number of nitrogens with two attached hydrogens (primary N) is 2. The summed E-state index contributed by atoms with van der Waals surface area (Å²) in [5, 5.41) is 32.3. The third-order valence-corrected chi connectivity index (χ3v) is 14.0. The first-order chi connectivity index (χ1) is 40.0. The molecule has 0 radical (unpaired) electrons. The zero-order chi connectivity index (χ0) is 64.5. The lowest BCUT2D eigenvalue weighted by Gasteiger charge is -2.28. The van der Waals surface area contributed by atoms with Crippen molar-refractivity contribution in [3.8, 4) is 0 Å². The third kappa shape index (κ3) is 21.3. The Bertz CT molecular complexity index is 3060. The molecule has 86 heavy (non-hydrogen) atoms. The molecule has 4 aromatic rings. The lowest BCUT2D eigenvalue weighted by atomic mass is 9.96. The largest absolute Gasteiger partial charge is 0.663 e. The van der Waals surface area contributed by atoms with Crippen molar-refractivity contribution in [2.75, 3.05) is 27.7 Å². The summed E-state index contributed by atoms with van der Waals surface area (Å²) in [4.78, 5) is 143. The number of amides is 10. The van der Waals surface area contributed by atoms with Crippen molar-refractivity contribution in [3.63, 3.8) is 0 Å². The molecule has 0 saturated heterocycles. The normalized spacial score (nSPS) is 14.6. The van der Waals surface area contributed by atoms with E-state index in [1.54, 1.807) is 49.7 Å². The fourth-order valence-electron chi connectivity index (χ4n) is 9.35. The number of aliphatic hydroxyl groups is 1. The highest BCUT2D eigenvalue weighted by molar-refractivity contribution is 6.00. The van der Waals surface area contributed by atoms with E-state index in [-0.39, 0.29) is 47.7 Å². The van der Waals surface area contributed by atoms with E-state index in [1.165, 1.54) is 46.8 Å². The van der Waals surface area contributed by atoms with Crippen molar-refractivity contribution in [1.29, 1.82) is 0 Å². The highest BCUT2D eigenvalue weighted by atomic mass is 19.4. The summed E-state index contributed by atoms with van der Waals surface area (Å²) in [6, 6.07) is 0.657. The van der Waals surface area contributed by atoms with Gasteiger partial charge in [-0.05, 0) is 61.5 Å². The first-order valence-corrected chi connectivity index (χ1v) is 28.2. The van der Waals surface area contributed by atoms with Crippen LogP contribution in [-0.2, 0) is 69.2 Å². The highest BCUT2D eigenvalue weighted by Crippen LogP contribution is 2.38. The Kier molecular flexibility index (Phi) is 25.4. The van der Waals surface area contributed by atoms with Gasteiger partial charge < -0.3 is 68.7 Å². The number of rotatable bonds is 32. The van der Waals surface area contributed by atoms with E-state index < -0.39 is 156 Å². The smallest absolute Gasteiger partial charge is 0.422 e. The molecule has 0 bridgehead atoms. The molecule has 472 valence electrons. The number of carbonyl (C=O) groups excluding carboxylic acids is 10. The van der Waals surface area contributed by atoms with Gasteiger partial charge in [0.15, 0.2) is 0 Å². The second-order valence-electron chi connectivity index (χ2n) is 23.5. The maximum atomic E-state index is 14.3. The van der Waals surface area contributed by atoms with E-state index >= 15 is 0 Å². The maximum absolute atomic E-state index is 14.3. The quantitative estimate of drug-likeness (QED) is 0.0299. The Hall–Kier alpha value is -8.40. The Balaban J connectivity index is 1.50. The summed E-state index contributed by atoms with van der Waals surface area (Å²) < 4.78 is 44.2. The van der Waals surface area contributed by atoms with Crippen molar-refractivity contribution < 1.29 is 66.2 Å². The second kappa shape index (κ2) is 31.1. The second-order valence-corrected chi connectivity index (χ2v) is 23.5. The fourth-order valence-corrected chi connectivity index (χ4v) is 9.35. The average molecular weight is 1210 g/mol. The number of imidazole rings is 1. The molecule has 0 saturated carbocycles. The number of para-hydroxylation sites is 1. The number of nitrogens with zero attached hydrogens (tertiary/aromatic N) is 4. The van der Waals surface area contributed by atoms with Crippen LogP contribution in [-0.4, -0.2) is 150 Å². The lowest BCUT2D eigenvalue weighted by molar-refractivity contribution is -0.138. The van der Waals surface area contributed by atoms with Gasteiger partial charge in [0.2, 0.25) is 53.2 Å². The Labute approximate surface area is 497 Å². The average Bonchev–Trinajstić information content (AvgIpc) is 1.25. The van der Waals surface area contributed by atoms with E-state index in [0.29, 0.717) is 28.2 Å². The molecule has 13 N–H and O–H groups in total. The molecule has 25 nitrogen and oxygen atoms in total. The molecule has 8 atom stereocenters. The van der Waals surface area contributed by atoms with Gasteiger partial charge in [-0.3, -0.25) is 52.4 Å². The number of primary amides is 2. The summed E-state index contributed by atoms with van der Waals surface area (Å²) in [5.74, 6) is -9.35. The van der Waals surface area contributed by atoms with Crippen molar-refractivity contribution in [2.45, 2.75) is 148 Å². The van der Waals surface area contributed by atoms with E-state index in [9.17, 15) is 66.2 Å². The molecule has 0 fully saturated rings. The molecule has 2 aromatic heterocycles. The zero-order valence-electron chi connectivity index (χ0n) is 50.4. The first kappa shape index (κ1) is 70.1. The number of aryl methyl sites for hydroxylation is 1. The molecule has 2 aromatic carbocycles. The van der Waals surface area contributed by atoms with Gasteiger partial charge in [0.1, 0.15) is 47.5 Å². The molecule has 0 spiro atoms. The van der Waals surface area contributed by atoms with Crippen molar-refractivity contribution in [1.82, 2.24) is 61.6 Å². The van der Waals surface area contributed by atoms with Gasteiger partial charge in [-0.25, -0.2) is 4.98 Å². The number of fused-ring (bicyclic) bond motifs is 1. The minimum Gasteiger partial charge on any atom is -0.663 e. The van der Waals surface area contributed by atoms with Gasteiger partial charge in [-0.15, -0.1) is 5.52 Å². The number of quaternary nitrogens is 1. The number of hydrogen-bond acceptors (Lipinski definition) is 12. The predicted molar refractivity (Wildman–Crippen MR) is 312 cm³/mol. The molecular formula is C58H83F3N14O11. The summed E-state index contributed by atoms with van der Waals surface area (Å²) in [5.41, 5.74) is 10.7. The van der Waals surface area contributed by atoms with Crippen molar-refractivity contribution in [3.05, 3.63) is 83.6 Å². The van der Waals surface area contributed by atoms with Crippen LogP contribution in [0.1, 0.15) is 108 Å². The van der Waals surface area contributed by atoms with Crippen LogP contribution in [0.25, 0.3) is 10.9 Å². The molecule has 0 aliphatic heterocycles.